The Morgan fingerprint density at radius 1 is 1.24 bits per heavy atom. The number of hydrogen-bond acceptors (Lipinski definition) is 3. The Balaban J connectivity index is 2.38. The van der Waals surface area contributed by atoms with E-state index in [9.17, 15) is 10.1 Å². The summed E-state index contributed by atoms with van der Waals surface area (Å²) in [5.74, 6) is -0.331. The Kier molecular flexibility index (Phi) is 4.97. The first-order valence-electron chi connectivity index (χ1n) is 6.40. The van der Waals surface area contributed by atoms with E-state index in [1.54, 1.807) is 31.4 Å². The van der Waals surface area contributed by atoms with Crippen molar-refractivity contribution in [3.63, 3.8) is 0 Å². The normalized spacial score (nSPS) is 11.5. The molecule has 2 rings (SSSR count). The summed E-state index contributed by atoms with van der Waals surface area (Å²) in [5.41, 5.74) is 2.17. The van der Waals surface area contributed by atoms with Gasteiger partial charge in [0.05, 0.1) is 13.2 Å². The molecular weight excluding hydrogens is 377 g/mol. The van der Waals surface area contributed by atoms with Crippen LogP contribution in [0.1, 0.15) is 27.4 Å². The minimum absolute atomic E-state index is 0.195. The fourth-order valence-electron chi connectivity index (χ4n) is 2.08. The van der Waals surface area contributed by atoms with Gasteiger partial charge >= 0.3 is 0 Å². The minimum atomic E-state index is -0.820. The summed E-state index contributed by atoms with van der Waals surface area (Å²) in [6, 6.07) is 14.7. The number of carbonyl (C=O) groups is 1. The molecule has 21 heavy (non-hydrogen) atoms. The molecule has 4 heteroatoms. The number of aryl methyl sites for hydroxylation is 1. The van der Waals surface area contributed by atoms with E-state index < -0.39 is 5.92 Å². The molecule has 0 aliphatic rings. The van der Waals surface area contributed by atoms with E-state index in [-0.39, 0.29) is 5.78 Å². The molecule has 0 fully saturated rings. The number of halogens is 1. The number of ether oxygens (including phenoxy) is 1. The fraction of sp³-hybridized carbons (Fsp3) is 0.176. The van der Waals surface area contributed by atoms with Crippen LogP contribution < -0.4 is 4.74 Å². The van der Waals surface area contributed by atoms with Gasteiger partial charge in [-0.15, -0.1) is 0 Å². The number of nitriles is 1. The number of rotatable bonds is 4. The SMILES string of the molecule is COc1cc(C(C#N)C(=O)c2ccc(I)cc2)ccc1C. The maximum Gasteiger partial charge on any atom is 0.184 e. The highest BCUT2D eigenvalue weighted by molar-refractivity contribution is 14.1. The summed E-state index contributed by atoms with van der Waals surface area (Å²) in [7, 11) is 1.58. The van der Waals surface area contributed by atoms with Gasteiger partial charge in [-0.1, -0.05) is 24.3 Å². The minimum Gasteiger partial charge on any atom is -0.496 e. The Bertz CT molecular complexity index is 702. The third-order valence-corrected chi connectivity index (χ3v) is 4.00. The van der Waals surface area contributed by atoms with Gasteiger partial charge in [-0.05, 0) is 58.8 Å². The molecule has 0 aliphatic heterocycles. The lowest BCUT2D eigenvalue weighted by atomic mass is 9.91. The van der Waals surface area contributed by atoms with Crippen molar-refractivity contribution in [1.29, 1.82) is 5.26 Å². The molecule has 106 valence electrons. The number of Topliss-reactive ketones (excluding diaryl/α,β-unsaturated/α-hetero) is 1. The summed E-state index contributed by atoms with van der Waals surface area (Å²) in [6.07, 6.45) is 0. The second-order valence-electron chi connectivity index (χ2n) is 4.66. The van der Waals surface area contributed by atoms with Crippen molar-refractivity contribution in [3.8, 4) is 11.8 Å². The van der Waals surface area contributed by atoms with Gasteiger partial charge in [-0.2, -0.15) is 5.26 Å². The zero-order valence-corrected chi connectivity index (χ0v) is 13.9. The molecule has 0 radical (unpaired) electrons. The molecule has 0 aromatic heterocycles. The number of nitrogens with zero attached hydrogens (tertiary/aromatic N) is 1. The number of benzene rings is 2. The van der Waals surface area contributed by atoms with E-state index in [2.05, 4.69) is 28.7 Å². The standard InChI is InChI=1S/C17H14INO2/c1-11-3-4-13(9-16(11)21-2)15(10-19)17(20)12-5-7-14(18)8-6-12/h3-9,15H,1-2H3. The smallest absolute Gasteiger partial charge is 0.184 e. The first-order valence-corrected chi connectivity index (χ1v) is 7.48. The third kappa shape index (κ3) is 3.42. The van der Waals surface area contributed by atoms with E-state index in [1.165, 1.54) is 0 Å². The van der Waals surface area contributed by atoms with Crippen molar-refractivity contribution in [2.75, 3.05) is 7.11 Å². The molecule has 0 heterocycles. The Hall–Kier alpha value is -1.87. The molecule has 2 aromatic carbocycles. The van der Waals surface area contributed by atoms with Crippen molar-refractivity contribution in [3.05, 3.63) is 62.7 Å². The van der Waals surface area contributed by atoms with Crippen LogP contribution in [0.15, 0.2) is 42.5 Å². The van der Waals surface area contributed by atoms with E-state index >= 15 is 0 Å². The quantitative estimate of drug-likeness (QED) is 0.583. The zero-order valence-electron chi connectivity index (χ0n) is 11.8. The molecule has 2 aromatic rings. The number of hydrogen-bond donors (Lipinski definition) is 0. The molecule has 0 saturated heterocycles. The molecule has 1 unspecified atom stereocenters. The molecule has 3 nitrogen and oxygen atoms in total. The molecule has 0 bridgehead atoms. The number of carbonyl (C=O) groups excluding carboxylic acids is 1. The Morgan fingerprint density at radius 3 is 2.48 bits per heavy atom. The van der Waals surface area contributed by atoms with E-state index in [0.29, 0.717) is 16.9 Å². The zero-order chi connectivity index (χ0) is 15.4. The van der Waals surface area contributed by atoms with Crippen LogP contribution in [-0.2, 0) is 0 Å². The van der Waals surface area contributed by atoms with Gasteiger partial charge in [0.25, 0.3) is 0 Å². The molecular formula is C17H14INO2. The van der Waals surface area contributed by atoms with Crippen LogP contribution in [0, 0.1) is 21.8 Å². The van der Waals surface area contributed by atoms with Gasteiger partial charge in [0, 0.05) is 9.13 Å². The molecule has 0 N–H and O–H groups in total. The maximum atomic E-state index is 12.5. The second kappa shape index (κ2) is 6.72. The van der Waals surface area contributed by atoms with Gasteiger partial charge in [0.1, 0.15) is 11.7 Å². The summed E-state index contributed by atoms with van der Waals surface area (Å²) in [5, 5.41) is 9.39. The van der Waals surface area contributed by atoms with Gasteiger partial charge in [-0.3, -0.25) is 4.79 Å². The van der Waals surface area contributed by atoms with E-state index in [1.807, 2.05) is 25.1 Å². The van der Waals surface area contributed by atoms with E-state index in [0.717, 1.165) is 9.13 Å². The molecule has 0 spiro atoms. The average molecular weight is 391 g/mol. The largest absolute Gasteiger partial charge is 0.496 e. The first-order chi connectivity index (χ1) is 10.1. The van der Waals surface area contributed by atoms with Crippen LogP contribution in [0.3, 0.4) is 0 Å². The molecule has 0 amide bonds. The number of ketones is 1. The van der Waals surface area contributed by atoms with Crippen LogP contribution in [0.4, 0.5) is 0 Å². The third-order valence-electron chi connectivity index (χ3n) is 3.29. The van der Waals surface area contributed by atoms with Crippen molar-refractivity contribution in [1.82, 2.24) is 0 Å². The lowest BCUT2D eigenvalue weighted by Gasteiger charge is -2.12. The molecule has 1 atom stereocenters. The Morgan fingerprint density at radius 2 is 1.90 bits per heavy atom. The Labute approximate surface area is 137 Å². The first kappa shape index (κ1) is 15.5. The van der Waals surface area contributed by atoms with Crippen LogP contribution in [-0.4, -0.2) is 12.9 Å². The number of methoxy groups -OCH3 is 1. The highest BCUT2D eigenvalue weighted by Gasteiger charge is 2.22. The monoisotopic (exact) mass is 391 g/mol. The van der Waals surface area contributed by atoms with Crippen molar-refractivity contribution in [2.45, 2.75) is 12.8 Å². The van der Waals surface area contributed by atoms with Crippen molar-refractivity contribution in [2.24, 2.45) is 0 Å². The van der Waals surface area contributed by atoms with Gasteiger partial charge in [0.15, 0.2) is 5.78 Å². The fourth-order valence-corrected chi connectivity index (χ4v) is 2.44. The van der Waals surface area contributed by atoms with Gasteiger partial charge < -0.3 is 4.74 Å². The molecule has 0 saturated carbocycles. The lowest BCUT2D eigenvalue weighted by molar-refractivity contribution is 0.0979. The van der Waals surface area contributed by atoms with Gasteiger partial charge in [-0.25, -0.2) is 0 Å². The predicted octanol–water partition coefficient (Wildman–Crippen LogP) is 4.10. The van der Waals surface area contributed by atoms with Crippen molar-refractivity contribution >= 4 is 28.4 Å². The van der Waals surface area contributed by atoms with E-state index in [4.69, 9.17) is 4.74 Å². The highest BCUT2D eigenvalue weighted by atomic mass is 127. The summed E-state index contributed by atoms with van der Waals surface area (Å²) >= 11 is 2.18. The average Bonchev–Trinajstić information content (AvgIpc) is 2.50. The lowest BCUT2D eigenvalue weighted by Crippen LogP contribution is -2.11. The van der Waals surface area contributed by atoms with Crippen molar-refractivity contribution < 1.29 is 9.53 Å². The summed E-state index contributed by atoms with van der Waals surface area (Å²) in [6.45, 7) is 1.92. The summed E-state index contributed by atoms with van der Waals surface area (Å²) in [4.78, 5) is 12.5. The maximum absolute atomic E-state index is 12.5. The highest BCUT2D eigenvalue weighted by Crippen LogP contribution is 2.26. The molecule has 0 aliphatic carbocycles. The van der Waals surface area contributed by atoms with Crippen LogP contribution in [0.2, 0.25) is 0 Å². The summed E-state index contributed by atoms with van der Waals surface area (Å²) < 4.78 is 6.31. The van der Waals surface area contributed by atoms with Crippen LogP contribution in [0.5, 0.6) is 5.75 Å². The topological polar surface area (TPSA) is 50.1 Å². The predicted molar refractivity (Wildman–Crippen MR) is 89.6 cm³/mol. The van der Waals surface area contributed by atoms with Crippen LogP contribution >= 0.6 is 22.6 Å². The van der Waals surface area contributed by atoms with Crippen LogP contribution in [0.25, 0.3) is 0 Å². The second-order valence-corrected chi connectivity index (χ2v) is 5.91. The van der Waals surface area contributed by atoms with Gasteiger partial charge in [0.2, 0.25) is 0 Å².